The Morgan fingerprint density at radius 3 is 2.52 bits per heavy atom. The van der Waals surface area contributed by atoms with Crippen molar-refractivity contribution in [3.63, 3.8) is 0 Å². The van der Waals surface area contributed by atoms with Gasteiger partial charge in [-0.3, -0.25) is 4.99 Å². The second-order valence-corrected chi connectivity index (χ2v) is 8.16. The summed E-state index contributed by atoms with van der Waals surface area (Å²) >= 11 is 7.65. The van der Waals surface area contributed by atoms with Crippen LogP contribution in [0.2, 0.25) is 5.02 Å². The van der Waals surface area contributed by atoms with Gasteiger partial charge in [-0.2, -0.15) is 0 Å². The molecule has 2 N–H and O–H groups in total. The van der Waals surface area contributed by atoms with Gasteiger partial charge in [-0.05, 0) is 17.7 Å². The van der Waals surface area contributed by atoms with Crippen LogP contribution in [0.15, 0.2) is 40.8 Å². The molecule has 1 aromatic carbocycles. The molecule has 0 unspecified atom stereocenters. The highest BCUT2D eigenvalue weighted by atomic mass is 35.5. The smallest absolute Gasteiger partial charge is 0.191 e. The van der Waals surface area contributed by atoms with Gasteiger partial charge < -0.3 is 15.5 Å². The van der Waals surface area contributed by atoms with Crippen LogP contribution in [0.5, 0.6) is 0 Å². The molecule has 3 rings (SSSR count). The van der Waals surface area contributed by atoms with Gasteiger partial charge in [0.25, 0.3) is 0 Å². The summed E-state index contributed by atoms with van der Waals surface area (Å²) in [7, 11) is 0. The summed E-state index contributed by atoms with van der Waals surface area (Å²) in [5.74, 6) is 0.626. The van der Waals surface area contributed by atoms with E-state index in [-0.39, 0.29) is 5.41 Å². The van der Waals surface area contributed by atoms with E-state index in [2.05, 4.69) is 45.8 Å². The van der Waals surface area contributed by atoms with Crippen molar-refractivity contribution in [2.45, 2.75) is 19.3 Å². The molecule has 25 heavy (non-hydrogen) atoms. The lowest BCUT2D eigenvalue weighted by atomic mass is 9.85. The third-order valence-corrected chi connectivity index (χ3v) is 5.64. The Hall–Kier alpha value is -1.79. The van der Waals surface area contributed by atoms with Crippen molar-refractivity contribution in [2.75, 3.05) is 37.6 Å². The van der Waals surface area contributed by atoms with E-state index in [1.54, 1.807) is 11.3 Å². The van der Waals surface area contributed by atoms with Gasteiger partial charge in [0.1, 0.15) is 0 Å². The summed E-state index contributed by atoms with van der Waals surface area (Å²) in [5.41, 5.74) is 7.37. The number of guanidine groups is 1. The van der Waals surface area contributed by atoms with Crippen LogP contribution < -0.4 is 10.6 Å². The van der Waals surface area contributed by atoms with Crippen molar-refractivity contribution < 1.29 is 0 Å². The fourth-order valence-corrected chi connectivity index (χ4v) is 3.69. The third kappa shape index (κ3) is 4.44. The number of aliphatic imine (C=N–C) groups is 1. The van der Waals surface area contributed by atoms with E-state index in [1.807, 2.05) is 23.7 Å². The predicted molar refractivity (Wildman–Crippen MR) is 107 cm³/mol. The highest BCUT2D eigenvalue weighted by Crippen LogP contribution is 2.25. The molecule has 1 saturated heterocycles. The van der Waals surface area contributed by atoms with Gasteiger partial charge in [0.2, 0.25) is 0 Å². The van der Waals surface area contributed by atoms with E-state index in [9.17, 15) is 0 Å². The summed E-state index contributed by atoms with van der Waals surface area (Å²) in [6.45, 7) is 8.58. The van der Waals surface area contributed by atoms with E-state index in [1.165, 1.54) is 5.56 Å². The molecule has 0 atom stereocenters. The largest absolute Gasteiger partial charge is 0.370 e. The number of benzene rings is 1. The van der Waals surface area contributed by atoms with Crippen molar-refractivity contribution in [1.82, 2.24) is 9.88 Å². The molecule has 1 aliphatic heterocycles. The fraction of sp³-hybridized carbons (Fsp3) is 0.444. The first-order valence-corrected chi connectivity index (χ1v) is 9.67. The quantitative estimate of drug-likeness (QED) is 0.656. The Morgan fingerprint density at radius 1 is 1.24 bits per heavy atom. The number of aromatic nitrogens is 1. The number of rotatable bonds is 4. The summed E-state index contributed by atoms with van der Waals surface area (Å²) in [5, 5.41) is 3.84. The number of piperazine rings is 1. The third-order valence-electron chi connectivity index (χ3n) is 4.56. The average molecular weight is 378 g/mol. The molecule has 5 nitrogen and oxygen atoms in total. The standard InChI is InChI=1S/C18H24ClN5S/c1-18(2,14-3-5-15(19)6-4-14)13-22-16(20)23-8-10-24(11-9-23)17-21-7-12-25-17/h3-7,12H,8-11,13H2,1-2H3,(H2,20,22). The molecule has 0 saturated carbocycles. The number of nitrogens with zero attached hydrogens (tertiary/aromatic N) is 4. The van der Waals surface area contributed by atoms with Gasteiger partial charge in [-0.15, -0.1) is 11.3 Å². The number of hydrogen-bond acceptors (Lipinski definition) is 4. The molecule has 0 spiro atoms. The summed E-state index contributed by atoms with van der Waals surface area (Å²) in [4.78, 5) is 13.5. The first-order valence-electron chi connectivity index (χ1n) is 8.41. The predicted octanol–water partition coefficient (Wildman–Crippen LogP) is 3.21. The van der Waals surface area contributed by atoms with E-state index < -0.39 is 0 Å². The molecule has 1 fully saturated rings. The summed E-state index contributed by atoms with van der Waals surface area (Å²) < 4.78 is 0. The molecule has 2 heterocycles. The Kier molecular flexibility index (Phi) is 5.49. The lowest BCUT2D eigenvalue weighted by molar-refractivity contribution is 0.378. The van der Waals surface area contributed by atoms with Crippen molar-refractivity contribution >= 4 is 34.0 Å². The van der Waals surface area contributed by atoms with E-state index in [4.69, 9.17) is 17.3 Å². The SMILES string of the molecule is CC(C)(CN=C(N)N1CCN(c2nccs2)CC1)c1ccc(Cl)cc1. The van der Waals surface area contributed by atoms with Gasteiger partial charge in [-0.1, -0.05) is 37.6 Å². The number of anilines is 1. The lowest BCUT2D eigenvalue weighted by Gasteiger charge is -2.35. The fourth-order valence-electron chi connectivity index (χ4n) is 2.87. The number of thiazole rings is 1. The Morgan fingerprint density at radius 2 is 1.92 bits per heavy atom. The molecule has 0 aliphatic carbocycles. The minimum atomic E-state index is -0.0854. The first-order chi connectivity index (χ1) is 12.0. The first kappa shape index (κ1) is 18.0. The molecule has 2 aromatic rings. The van der Waals surface area contributed by atoms with Crippen LogP contribution in [0.4, 0.5) is 5.13 Å². The van der Waals surface area contributed by atoms with E-state index >= 15 is 0 Å². The van der Waals surface area contributed by atoms with E-state index in [0.717, 1.165) is 36.3 Å². The maximum Gasteiger partial charge on any atom is 0.191 e. The van der Waals surface area contributed by atoms with Crippen LogP contribution in [0.1, 0.15) is 19.4 Å². The second kappa shape index (κ2) is 7.62. The molecule has 134 valence electrons. The zero-order valence-electron chi connectivity index (χ0n) is 14.7. The van der Waals surface area contributed by atoms with Gasteiger partial charge in [0, 0.05) is 48.2 Å². The molecule has 0 amide bonds. The van der Waals surface area contributed by atoms with Crippen LogP contribution in [-0.4, -0.2) is 48.6 Å². The minimum Gasteiger partial charge on any atom is -0.370 e. The van der Waals surface area contributed by atoms with Gasteiger partial charge in [0.15, 0.2) is 11.1 Å². The van der Waals surface area contributed by atoms with Crippen LogP contribution in [0.25, 0.3) is 0 Å². The topological polar surface area (TPSA) is 57.8 Å². The van der Waals surface area contributed by atoms with Crippen molar-refractivity contribution in [3.8, 4) is 0 Å². The van der Waals surface area contributed by atoms with Gasteiger partial charge >= 0.3 is 0 Å². The zero-order chi connectivity index (χ0) is 17.9. The number of halogens is 1. The van der Waals surface area contributed by atoms with Crippen LogP contribution >= 0.6 is 22.9 Å². The normalized spacial score (nSPS) is 16.4. The van der Waals surface area contributed by atoms with Crippen LogP contribution in [0, 0.1) is 0 Å². The van der Waals surface area contributed by atoms with Crippen molar-refractivity contribution in [3.05, 3.63) is 46.4 Å². The average Bonchev–Trinajstić information content (AvgIpc) is 3.15. The molecular weight excluding hydrogens is 354 g/mol. The molecular formula is C18H24ClN5S. The Balaban J connectivity index is 1.57. The Bertz CT molecular complexity index is 704. The number of nitrogens with two attached hydrogens (primary N) is 1. The monoisotopic (exact) mass is 377 g/mol. The van der Waals surface area contributed by atoms with Crippen LogP contribution in [0.3, 0.4) is 0 Å². The molecule has 1 aromatic heterocycles. The maximum absolute atomic E-state index is 6.25. The molecule has 7 heteroatoms. The van der Waals surface area contributed by atoms with Crippen molar-refractivity contribution in [2.24, 2.45) is 10.7 Å². The highest BCUT2D eigenvalue weighted by molar-refractivity contribution is 7.13. The molecule has 1 aliphatic rings. The number of hydrogen-bond donors (Lipinski definition) is 1. The van der Waals surface area contributed by atoms with Crippen molar-refractivity contribution in [1.29, 1.82) is 0 Å². The van der Waals surface area contributed by atoms with Gasteiger partial charge in [-0.25, -0.2) is 4.98 Å². The second-order valence-electron chi connectivity index (χ2n) is 6.85. The summed E-state index contributed by atoms with van der Waals surface area (Å²) in [6, 6.07) is 7.95. The zero-order valence-corrected chi connectivity index (χ0v) is 16.2. The summed E-state index contributed by atoms with van der Waals surface area (Å²) in [6.07, 6.45) is 1.85. The maximum atomic E-state index is 6.25. The Labute approximate surface area is 158 Å². The van der Waals surface area contributed by atoms with Crippen LogP contribution in [-0.2, 0) is 5.41 Å². The minimum absolute atomic E-state index is 0.0854. The van der Waals surface area contributed by atoms with Gasteiger partial charge in [0.05, 0.1) is 6.54 Å². The highest BCUT2D eigenvalue weighted by Gasteiger charge is 2.23. The molecule has 0 radical (unpaired) electrons. The lowest BCUT2D eigenvalue weighted by Crippen LogP contribution is -2.51. The molecule has 0 bridgehead atoms. The van der Waals surface area contributed by atoms with E-state index in [0.29, 0.717) is 12.5 Å².